The van der Waals surface area contributed by atoms with Crippen molar-refractivity contribution in [3.63, 3.8) is 0 Å². The number of methoxy groups -OCH3 is 2. The Balaban J connectivity index is 1.96. The number of aliphatic imine (C=N–C) groups is 1. The van der Waals surface area contributed by atoms with Gasteiger partial charge in [-0.1, -0.05) is 45.9 Å². The molecule has 5 rings (SSSR count). The highest BCUT2D eigenvalue weighted by Gasteiger charge is 2.53. The lowest BCUT2D eigenvalue weighted by Crippen LogP contribution is -2.46. The van der Waals surface area contributed by atoms with Gasteiger partial charge in [0.15, 0.2) is 0 Å². The van der Waals surface area contributed by atoms with Gasteiger partial charge < -0.3 is 44.1 Å². The molecule has 4 aliphatic rings. The minimum atomic E-state index is -2.14. The molecule has 0 aromatic heterocycles. The van der Waals surface area contributed by atoms with Gasteiger partial charge in [-0.2, -0.15) is 0 Å². The normalized spacial score (nSPS) is 32.3. The van der Waals surface area contributed by atoms with Crippen molar-refractivity contribution in [3.05, 3.63) is 64.0 Å². The second kappa shape index (κ2) is 16.1. The lowest BCUT2D eigenvalue weighted by molar-refractivity contribution is -0.160. The molecule has 15 nitrogen and oxygen atoms in total. The number of esters is 2. The number of ketones is 2. The summed E-state index contributed by atoms with van der Waals surface area (Å²) in [4.78, 5) is 70.7. The SMILES string of the molecule is COC(=O)C1=C(O)c2c3c(O)c(C)c4c2C(=O)[C@@](C)(OC=C[C@H](OC)[C@@H](C)[C@@H](OC(C)=O)[C@H](C)[C@H](O)[C@H](C)[C@@H](O)[C@@H](C)/C=C\C=C(\C)C(=O)N=C1C3=O)O4. The van der Waals surface area contributed by atoms with Gasteiger partial charge in [-0.05, 0) is 19.9 Å². The molecule has 0 saturated carbocycles. The fourth-order valence-corrected chi connectivity index (χ4v) is 6.95. The Hall–Kier alpha value is -5.12. The summed E-state index contributed by atoms with van der Waals surface area (Å²) in [6.07, 6.45) is 2.91. The summed E-state index contributed by atoms with van der Waals surface area (Å²) in [6.45, 7) is 12.0. The van der Waals surface area contributed by atoms with E-state index in [-0.39, 0.29) is 22.4 Å². The van der Waals surface area contributed by atoms with Gasteiger partial charge in [-0.3, -0.25) is 19.2 Å². The van der Waals surface area contributed by atoms with Crippen molar-refractivity contribution < 1.29 is 68.1 Å². The van der Waals surface area contributed by atoms with E-state index in [4.69, 9.17) is 23.7 Å². The molecule has 1 amide bonds. The van der Waals surface area contributed by atoms with E-state index in [1.54, 1.807) is 33.8 Å². The average molecular weight is 754 g/mol. The number of phenols is 1. The second-order valence-corrected chi connectivity index (χ2v) is 14.0. The fourth-order valence-electron chi connectivity index (χ4n) is 6.95. The van der Waals surface area contributed by atoms with Crippen molar-refractivity contribution in [1.82, 2.24) is 0 Å². The van der Waals surface area contributed by atoms with E-state index in [1.807, 2.05) is 0 Å². The van der Waals surface area contributed by atoms with Crippen LogP contribution in [-0.2, 0) is 33.3 Å². The molecule has 1 aliphatic carbocycles. The summed E-state index contributed by atoms with van der Waals surface area (Å²) in [5, 5.41) is 45.5. The molecule has 1 aromatic carbocycles. The molecule has 0 radical (unpaired) electrons. The van der Waals surface area contributed by atoms with Crippen molar-refractivity contribution in [1.29, 1.82) is 0 Å². The molecule has 0 unspecified atom stereocenters. The predicted molar refractivity (Wildman–Crippen MR) is 193 cm³/mol. The average Bonchev–Trinajstić information content (AvgIpc) is 3.39. The van der Waals surface area contributed by atoms with E-state index in [0.717, 1.165) is 13.4 Å². The highest BCUT2D eigenvalue weighted by Crippen LogP contribution is 2.50. The number of aliphatic hydroxyl groups excluding tert-OH is 3. The number of rotatable bonds is 3. The number of carbonyl (C=O) groups excluding carboxylic acids is 5. The van der Waals surface area contributed by atoms with Gasteiger partial charge >= 0.3 is 17.7 Å². The third kappa shape index (κ3) is 7.48. The van der Waals surface area contributed by atoms with Crippen LogP contribution in [0, 0.1) is 30.6 Å². The number of hydrogen-bond donors (Lipinski definition) is 4. The van der Waals surface area contributed by atoms with Crippen molar-refractivity contribution in [2.24, 2.45) is 28.7 Å². The quantitative estimate of drug-likeness (QED) is 0.322. The first-order valence-corrected chi connectivity index (χ1v) is 17.3. The zero-order valence-corrected chi connectivity index (χ0v) is 31.8. The van der Waals surface area contributed by atoms with Crippen molar-refractivity contribution >= 4 is 40.9 Å². The number of aliphatic hydroxyl groups is 3. The zero-order chi connectivity index (χ0) is 40.6. The summed E-state index contributed by atoms with van der Waals surface area (Å²) in [6, 6.07) is 0. The molecular formula is C39H47NO14. The predicted octanol–water partition coefficient (Wildman–Crippen LogP) is 3.86. The summed E-state index contributed by atoms with van der Waals surface area (Å²) < 4.78 is 28.0. The van der Waals surface area contributed by atoms with Crippen LogP contribution in [0.4, 0.5) is 0 Å². The number of carbonyl (C=O) groups is 5. The van der Waals surface area contributed by atoms with Crippen LogP contribution in [-0.4, -0.2) is 100.0 Å². The lowest BCUT2D eigenvalue weighted by atomic mass is 9.78. The molecule has 9 atom stereocenters. The van der Waals surface area contributed by atoms with Crippen molar-refractivity contribution in [2.75, 3.05) is 14.2 Å². The monoisotopic (exact) mass is 753 g/mol. The maximum Gasteiger partial charge on any atom is 0.344 e. The molecule has 292 valence electrons. The van der Waals surface area contributed by atoms with Crippen molar-refractivity contribution in [3.8, 4) is 11.5 Å². The van der Waals surface area contributed by atoms with Crippen LogP contribution >= 0.6 is 0 Å². The number of ether oxygens (including phenoxy) is 5. The van der Waals surface area contributed by atoms with Crippen LogP contribution in [0.5, 0.6) is 11.5 Å². The van der Waals surface area contributed by atoms with E-state index in [0.29, 0.717) is 0 Å². The molecule has 4 N–H and O–H groups in total. The Kier molecular flexibility index (Phi) is 12.4. The second-order valence-electron chi connectivity index (χ2n) is 14.0. The third-order valence-corrected chi connectivity index (χ3v) is 10.3. The minimum absolute atomic E-state index is 0.0243. The first-order valence-electron chi connectivity index (χ1n) is 17.3. The number of aromatic hydroxyl groups is 1. The molecule has 1 aromatic rings. The lowest BCUT2D eigenvalue weighted by Gasteiger charge is -2.38. The zero-order valence-electron chi connectivity index (χ0n) is 31.8. The first-order chi connectivity index (χ1) is 25.2. The number of benzene rings is 1. The number of phenolic OH excluding ortho intramolecular Hbond substituents is 1. The van der Waals surface area contributed by atoms with Crippen LogP contribution in [0.15, 0.2) is 46.7 Å². The van der Waals surface area contributed by atoms with Gasteiger partial charge in [-0.15, -0.1) is 0 Å². The van der Waals surface area contributed by atoms with Crippen LogP contribution in [0.2, 0.25) is 0 Å². The largest absolute Gasteiger partial charge is 0.507 e. The molecule has 3 heterocycles. The van der Waals surface area contributed by atoms with E-state index in [2.05, 4.69) is 4.99 Å². The molecule has 0 saturated heterocycles. The van der Waals surface area contributed by atoms with Gasteiger partial charge in [0.25, 0.3) is 11.7 Å². The first kappa shape index (κ1) is 41.6. The van der Waals surface area contributed by atoms with E-state index in [1.165, 1.54) is 53.0 Å². The molecular weight excluding hydrogens is 706 g/mol. The molecule has 54 heavy (non-hydrogen) atoms. The topological polar surface area (TPSA) is 225 Å². The highest BCUT2D eigenvalue weighted by atomic mass is 16.7. The Bertz CT molecular complexity index is 1900. The molecule has 3 aliphatic heterocycles. The van der Waals surface area contributed by atoms with Gasteiger partial charge in [0.05, 0.1) is 42.8 Å². The van der Waals surface area contributed by atoms with Crippen LogP contribution in [0.1, 0.15) is 80.3 Å². The Morgan fingerprint density at radius 2 is 1.56 bits per heavy atom. The standard InChI is InChI=1S/C39H47NO14/c1-16-12-11-13-17(2)37(48)40-28-27(38(49)51-10)32(45)24-25(33(28)46)31(44)21(6)35-26(24)36(47)39(8,54-35)52-15-14-23(50-9)18(3)34(53-22(7)41)20(5)30(43)19(4)29(16)42/h11-16,18-20,23,29-30,34,42-45H,1-10H3/b12-11-,15-14?,17-13-,40-28?/t16-,18+,19+,20+,23-,29-,30+,34+,39-/m0/s1. The molecule has 0 fully saturated rings. The summed E-state index contributed by atoms with van der Waals surface area (Å²) in [7, 11) is 2.37. The van der Waals surface area contributed by atoms with E-state index in [9.17, 15) is 44.4 Å². The number of allylic oxidation sites excluding steroid dienone is 2. The Morgan fingerprint density at radius 3 is 2.15 bits per heavy atom. The minimum Gasteiger partial charge on any atom is -0.507 e. The number of hydrogen-bond acceptors (Lipinski definition) is 14. The van der Waals surface area contributed by atoms with Gasteiger partial charge in [0.2, 0.25) is 5.78 Å². The van der Waals surface area contributed by atoms with Gasteiger partial charge in [0, 0.05) is 61.3 Å². The van der Waals surface area contributed by atoms with E-state index >= 15 is 0 Å². The Labute approximate surface area is 312 Å². The Morgan fingerprint density at radius 1 is 0.907 bits per heavy atom. The van der Waals surface area contributed by atoms with Gasteiger partial charge in [-0.25, -0.2) is 9.79 Å². The highest BCUT2D eigenvalue weighted by molar-refractivity contribution is 6.60. The number of Topliss-reactive ketones (excluding diaryl/α,β-unsaturated/α-hetero) is 2. The maximum absolute atomic E-state index is 14.1. The third-order valence-electron chi connectivity index (χ3n) is 10.3. The van der Waals surface area contributed by atoms with Crippen molar-refractivity contribution in [2.45, 2.75) is 85.6 Å². The smallest absolute Gasteiger partial charge is 0.344 e. The number of nitrogens with zero attached hydrogens (tertiary/aromatic N) is 1. The van der Waals surface area contributed by atoms with Gasteiger partial charge in [0.1, 0.15) is 34.6 Å². The maximum atomic E-state index is 14.1. The fraction of sp³-hybridized carbons (Fsp3) is 0.487. The molecule has 15 heteroatoms. The number of amides is 1. The van der Waals surface area contributed by atoms with Crippen LogP contribution in [0.25, 0.3) is 5.76 Å². The van der Waals surface area contributed by atoms with E-state index < -0.39 is 117 Å². The van der Waals surface area contributed by atoms with Crippen LogP contribution in [0.3, 0.4) is 0 Å². The molecule has 0 spiro atoms. The summed E-state index contributed by atoms with van der Waals surface area (Å²) >= 11 is 0. The summed E-state index contributed by atoms with van der Waals surface area (Å²) in [5.41, 5.74) is -3.30. The van der Waals surface area contributed by atoms with Crippen LogP contribution < -0.4 is 4.74 Å². The summed E-state index contributed by atoms with van der Waals surface area (Å²) in [5.74, 6) is -11.6. The number of fused-ring (bicyclic) bond motifs is 13. The molecule has 5 bridgehead atoms.